The Hall–Kier alpha value is -1.22. The Morgan fingerprint density at radius 2 is 2.10 bits per heavy atom. The average Bonchev–Trinajstić information content (AvgIpc) is 2.82. The second kappa shape index (κ2) is 6.69. The zero-order valence-corrected chi connectivity index (χ0v) is 14.2. The quantitative estimate of drug-likeness (QED) is 0.802. The molecular weight excluding hydrogens is 356 g/mol. The minimum absolute atomic E-state index is 0.149. The summed E-state index contributed by atoms with van der Waals surface area (Å²) >= 11 is 3.32. The normalized spacial score (nSPS) is 11.8. The molecule has 0 saturated heterocycles. The molecule has 0 radical (unpaired) electrons. The standard InChI is InChI=1S/C13H17BrN4O2S/c1-15-8-10-3-4-12(11(14)7-10)21(19,20)17-9-13-16-5-6-18(13)2/h3-7,15,17H,8-9H2,1-2H3. The highest BCUT2D eigenvalue weighted by Crippen LogP contribution is 2.23. The smallest absolute Gasteiger partial charge is 0.242 e. The molecule has 6 nitrogen and oxygen atoms in total. The molecule has 0 fully saturated rings. The number of hydrogen-bond acceptors (Lipinski definition) is 4. The van der Waals surface area contributed by atoms with E-state index >= 15 is 0 Å². The van der Waals surface area contributed by atoms with Gasteiger partial charge in [-0.3, -0.25) is 0 Å². The fourth-order valence-electron chi connectivity index (χ4n) is 1.88. The molecule has 0 bridgehead atoms. The molecule has 2 rings (SSSR count). The molecule has 21 heavy (non-hydrogen) atoms. The molecule has 8 heteroatoms. The van der Waals surface area contributed by atoms with Gasteiger partial charge in [-0.15, -0.1) is 0 Å². The molecule has 0 aliphatic rings. The Morgan fingerprint density at radius 1 is 1.33 bits per heavy atom. The van der Waals surface area contributed by atoms with Crippen molar-refractivity contribution < 1.29 is 8.42 Å². The minimum atomic E-state index is -3.59. The van der Waals surface area contributed by atoms with E-state index in [1.165, 1.54) is 0 Å². The largest absolute Gasteiger partial charge is 0.337 e. The number of halogens is 1. The molecule has 0 unspecified atom stereocenters. The van der Waals surface area contributed by atoms with Crippen molar-refractivity contribution in [2.45, 2.75) is 18.0 Å². The molecule has 114 valence electrons. The fraction of sp³-hybridized carbons (Fsp3) is 0.308. The van der Waals surface area contributed by atoms with Gasteiger partial charge in [-0.05, 0) is 40.7 Å². The van der Waals surface area contributed by atoms with Crippen molar-refractivity contribution in [1.82, 2.24) is 19.6 Å². The predicted molar refractivity (Wildman–Crippen MR) is 84.1 cm³/mol. The van der Waals surface area contributed by atoms with Gasteiger partial charge >= 0.3 is 0 Å². The third-order valence-electron chi connectivity index (χ3n) is 3.01. The van der Waals surface area contributed by atoms with Gasteiger partial charge in [-0.1, -0.05) is 6.07 Å². The first-order valence-corrected chi connectivity index (χ1v) is 8.60. The van der Waals surface area contributed by atoms with Crippen LogP contribution in [0, 0.1) is 0 Å². The van der Waals surface area contributed by atoms with Crippen LogP contribution in [0.1, 0.15) is 11.4 Å². The number of hydrogen-bond donors (Lipinski definition) is 2. The average molecular weight is 373 g/mol. The number of sulfonamides is 1. The maximum atomic E-state index is 12.3. The first-order chi connectivity index (χ1) is 9.94. The number of rotatable bonds is 6. The van der Waals surface area contributed by atoms with Gasteiger partial charge in [-0.2, -0.15) is 0 Å². The molecule has 0 saturated carbocycles. The Morgan fingerprint density at radius 3 is 2.67 bits per heavy atom. The van der Waals surface area contributed by atoms with Crippen LogP contribution in [0.15, 0.2) is 40.0 Å². The van der Waals surface area contributed by atoms with Gasteiger partial charge in [0.15, 0.2) is 0 Å². The van der Waals surface area contributed by atoms with E-state index in [4.69, 9.17) is 0 Å². The summed E-state index contributed by atoms with van der Waals surface area (Å²) in [5, 5.41) is 3.02. The van der Waals surface area contributed by atoms with Crippen molar-refractivity contribution >= 4 is 26.0 Å². The van der Waals surface area contributed by atoms with Gasteiger partial charge in [0.2, 0.25) is 10.0 Å². The van der Waals surface area contributed by atoms with E-state index in [9.17, 15) is 8.42 Å². The van der Waals surface area contributed by atoms with Crippen molar-refractivity contribution in [2.75, 3.05) is 7.05 Å². The van der Waals surface area contributed by atoms with Gasteiger partial charge < -0.3 is 9.88 Å². The maximum Gasteiger partial charge on any atom is 0.242 e. The number of aryl methyl sites for hydroxylation is 1. The second-order valence-electron chi connectivity index (χ2n) is 4.57. The van der Waals surface area contributed by atoms with Gasteiger partial charge in [0.05, 0.1) is 11.4 Å². The van der Waals surface area contributed by atoms with Crippen LogP contribution in [-0.4, -0.2) is 25.0 Å². The summed E-state index contributed by atoms with van der Waals surface area (Å²) in [6, 6.07) is 5.18. The first-order valence-electron chi connectivity index (χ1n) is 6.33. The molecule has 0 aliphatic heterocycles. The lowest BCUT2D eigenvalue weighted by Gasteiger charge is -2.10. The van der Waals surface area contributed by atoms with Gasteiger partial charge in [0.1, 0.15) is 5.82 Å². The Labute approximate surface area is 132 Å². The van der Waals surface area contributed by atoms with Crippen LogP contribution in [0.4, 0.5) is 0 Å². The summed E-state index contributed by atoms with van der Waals surface area (Å²) in [5.41, 5.74) is 1.01. The van der Waals surface area contributed by atoms with E-state index in [1.54, 1.807) is 35.2 Å². The molecule has 2 aromatic rings. The van der Waals surface area contributed by atoms with Crippen LogP contribution in [0.3, 0.4) is 0 Å². The van der Waals surface area contributed by atoms with Gasteiger partial charge in [0, 0.05) is 30.5 Å². The van der Waals surface area contributed by atoms with Crippen molar-refractivity contribution in [3.63, 3.8) is 0 Å². The van der Waals surface area contributed by atoms with E-state index in [2.05, 4.69) is 31.0 Å². The fourth-order valence-corrected chi connectivity index (χ4v) is 3.98. The summed E-state index contributed by atoms with van der Waals surface area (Å²) in [7, 11) is 0.0727. The van der Waals surface area contributed by atoms with Crippen LogP contribution in [0.5, 0.6) is 0 Å². The lowest BCUT2D eigenvalue weighted by molar-refractivity contribution is 0.577. The zero-order valence-electron chi connectivity index (χ0n) is 11.8. The third kappa shape index (κ3) is 3.91. The van der Waals surface area contributed by atoms with E-state index in [-0.39, 0.29) is 11.4 Å². The highest BCUT2D eigenvalue weighted by atomic mass is 79.9. The van der Waals surface area contributed by atoms with E-state index < -0.39 is 10.0 Å². The van der Waals surface area contributed by atoms with Crippen LogP contribution >= 0.6 is 15.9 Å². The van der Waals surface area contributed by atoms with Crippen molar-refractivity contribution in [2.24, 2.45) is 7.05 Å². The van der Waals surface area contributed by atoms with Crippen LogP contribution in [0.2, 0.25) is 0 Å². The number of nitrogens with zero attached hydrogens (tertiary/aromatic N) is 2. The Kier molecular flexibility index (Phi) is 5.15. The van der Waals surface area contributed by atoms with Gasteiger partial charge in [-0.25, -0.2) is 18.1 Å². The topological polar surface area (TPSA) is 76.0 Å². The van der Waals surface area contributed by atoms with Crippen LogP contribution in [-0.2, 0) is 30.2 Å². The van der Waals surface area contributed by atoms with Crippen LogP contribution < -0.4 is 10.0 Å². The summed E-state index contributed by atoms with van der Waals surface area (Å²) in [6.45, 7) is 0.830. The summed E-state index contributed by atoms with van der Waals surface area (Å²) < 4.78 is 29.5. The van der Waals surface area contributed by atoms with E-state index in [1.807, 2.05) is 14.1 Å². The van der Waals surface area contributed by atoms with E-state index in [0.717, 1.165) is 5.56 Å². The molecule has 1 aromatic carbocycles. The number of imidazole rings is 1. The van der Waals surface area contributed by atoms with Crippen LogP contribution in [0.25, 0.3) is 0 Å². The molecular formula is C13H17BrN4O2S. The lowest BCUT2D eigenvalue weighted by Crippen LogP contribution is -2.25. The molecule has 0 amide bonds. The summed E-state index contributed by atoms with van der Waals surface area (Å²) in [4.78, 5) is 4.31. The van der Waals surface area contributed by atoms with Crippen molar-refractivity contribution in [1.29, 1.82) is 0 Å². The lowest BCUT2D eigenvalue weighted by atomic mass is 10.2. The minimum Gasteiger partial charge on any atom is -0.337 e. The number of aromatic nitrogens is 2. The second-order valence-corrected chi connectivity index (χ2v) is 7.16. The van der Waals surface area contributed by atoms with E-state index in [0.29, 0.717) is 16.8 Å². The highest BCUT2D eigenvalue weighted by Gasteiger charge is 2.18. The molecule has 1 aromatic heterocycles. The van der Waals surface area contributed by atoms with Crippen molar-refractivity contribution in [3.05, 3.63) is 46.5 Å². The predicted octanol–water partition coefficient (Wildman–Crippen LogP) is 1.38. The maximum absolute atomic E-state index is 12.3. The Balaban J connectivity index is 2.17. The monoisotopic (exact) mass is 372 g/mol. The van der Waals surface area contributed by atoms with Crippen molar-refractivity contribution in [3.8, 4) is 0 Å². The summed E-state index contributed by atoms with van der Waals surface area (Å²) in [6.07, 6.45) is 3.40. The molecule has 0 atom stereocenters. The zero-order chi connectivity index (χ0) is 15.5. The third-order valence-corrected chi connectivity index (χ3v) is 5.39. The molecule has 0 spiro atoms. The molecule has 1 heterocycles. The molecule has 2 N–H and O–H groups in total. The highest BCUT2D eigenvalue weighted by molar-refractivity contribution is 9.10. The summed E-state index contributed by atoms with van der Waals surface area (Å²) in [5.74, 6) is 0.654. The SMILES string of the molecule is CNCc1ccc(S(=O)(=O)NCc2nccn2C)c(Br)c1. The number of benzene rings is 1. The Bertz CT molecular complexity index is 728. The first kappa shape index (κ1) is 16.2. The molecule has 0 aliphatic carbocycles. The van der Waals surface area contributed by atoms with Gasteiger partial charge in [0.25, 0.3) is 0 Å². The number of nitrogens with one attached hydrogen (secondary N) is 2.